The fourth-order valence-electron chi connectivity index (χ4n) is 1.47. The number of nitrogens with one attached hydrogen (secondary N) is 1. The molecule has 0 aliphatic carbocycles. The van der Waals surface area contributed by atoms with Crippen molar-refractivity contribution in [2.24, 2.45) is 7.05 Å². The molecule has 2 heterocycles. The number of anilines is 1. The molecule has 2 aromatic rings. The molecular weight excluding hydrogens is 210 g/mol. The second-order valence-corrected chi connectivity index (χ2v) is 3.20. The smallest absolute Gasteiger partial charge is 0.341 e. The molecular formula is C9H11N5O2. The molecule has 3 N–H and O–H groups in total. The Morgan fingerprint density at radius 1 is 1.56 bits per heavy atom. The number of aryl methyl sites for hydroxylation is 1. The van der Waals surface area contributed by atoms with E-state index < -0.39 is 5.97 Å². The van der Waals surface area contributed by atoms with Gasteiger partial charge in [0.15, 0.2) is 5.95 Å². The number of aromatic nitrogens is 4. The van der Waals surface area contributed by atoms with E-state index in [0.29, 0.717) is 17.0 Å². The molecule has 2 rings (SSSR count). The minimum atomic E-state index is -0.448. The van der Waals surface area contributed by atoms with E-state index in [9.17, 15) is 4.79 Å². The Bertz CT molecular complexity index is 528. The number of H-pyrrole nitrogens is 1. The highest BCUT2D eigenvalue weighted by molar-refractivity contribution is 5.95. The lowest BCUT2D eigenvalue weighted by atomic mass is 10.2. The van der Waals surface area contributed by atoms with Crippen LogP contribution in [0.15, 0.2) is 12.4 Å². The van der Waals surface area contributed by atoms with Gasteiger partial charge in [0.05, 0.1) is 25.2 Å². The van der Waals surface area contributed by atoms with E-state index in [-0.39, 0.29) is 5.95 Å². The number of esters is 1. The fourth-order valence-corrected chi connectivity index (χ4v) is 1.47. The van der Waals surface area contributed by atoms with E-state index in [1.165, 1.54) is 13.3 Å². The quantitative estimate of drug-likeness (QED) is 0.705. The second kappa shape index (κ2) is 3.69. The summed E-state index contributed by atoms with van der Waals surface area (Å²) in [4.78, 5) is 18.2. The highest BCUT2D eigenvalue weighted by Gasteiger charge is 2.19. The van der Waals surface area contributed by atoms with Crippen LogP contribution in [-0.2, 0) is 11.8 Å². The molecule has 2 aromatic heterocycles. The Balaban J connectivity index is 2.55. The van der Waals surface area contributed by atoms with Crippen molar-refractivity contribution in [2.75, 3.05) is 12.8 Å². The van der Waals surface area contributed by atoms with Crippen LogP contribution < -0.4 is 5.73 Å². The molecule has 0 bridgehead atoms. The molecule has 0 fully saturated rings. The third kappa shape index (κ3) is 1.52. The summed E-state index contributed by atoms with van der Waals surface area (Å²) in [5.74, 6) is -0.164. The number of carbonyl (C=O) groups is 1. The van der Waals surface area contributed by atoms with Crippen LogP contribution in [0.5, 0.6) is 0 Å². The van der Waals surface area contributed by atoms with Crippen LogP contribution >= 0.6 is 0 Å². The molecule has 0 aromatic carbocycles. The zero-order valence-corrected chi connectivity index (χ0v) is 8.89. The predicted octanol–water partition coefficient (Wildman–Crippen LogP) is 0.179. The zero-order valence-electron chi connectivity index (χ0n) is 8.89. The van der Waals surface area contributed by atoms with Gasteiger partial charge in [0.2, 0.25) is 0 Å². The third-order valence-electron chi connectivity index (χ3n) is 2.19. The Morgan fingerprint density at radius 3 is 2.88 bits per heavy atom. The number of carbonyl (C=O) groups excluding carboxylic acids is 1. The molecule has 0 atom stereocenters. The maximum Gasteiger partial charge on any atom is 0.341 e. The van der Waals surface area contributed by atoms with E-state index in [1.54, 1.807) is 17.9 Å². The summed E-state index contributed by atoms with van der Waals surface area (Å²) in [6.07, 6.45) is 2.98. The molecule has 0 amide bonds. The van der Waals surface area contributed by atoms with Gasteiger partial charge in [0, 0.05) is 7.05 Å². The lowest BCUT2D eigenvalue weighted by Gasteiger charge is -2.01. The van der Waals surface area contributed by atoms with Gasteiger partial charge < -0.3 is 15.5 Å². The maximum atomic E-state index is 11.5. The van der Waals surface area contributed by atoms with Crippen LogP contribution in [0, 0.1) is 0 Å². The number of ether oxygens (including phenoxy) is 1. The minimum Gasteiger partial charge on any atom is -0.465 e. The van der Waals surface area contributed by atoms with Gasteiger partial charge in [-0.2, -0.15) is 5.10 Å². The molecule has 0 radical (unpaired) electrons. The Morgan fingerprint density at radius 2 is 2.31 bits per heavy atom. The molecule has 16 heavy (non-hydrogen) atoms. The molecule has 0 aliphatic rings. The Hall–Kier alpha value is -2.31. The van der Waals surface area contributed by atoms with Gasteiger partial charge in [-0.05, 0) is 0 Å². The van der Waals surface area contributed by atoms with E-state index in [1.807, 2.05) is 0 Å². The number of hydrogen-bond donors (Lipinski definition) is 2. The number of nitrogens with zero attached hydrogens (tertiary/aromatic N) is 3. The van der Waals surface area contributed by atoms with Crippen molar-refractivity contribution in [1.29, 1.82) is 0 Å². The number of nitrogens with two attached hydrogens (primary N) is 1. The first-order chi connectivity index (χ1) is 7.63. The first-order valence-corrected chi connectivity index (χ1v) is 4.54. The van der Waals surface area contributed by atoms with Crippen molar-refractivity contribution in [3.63, 3.8) is 0 Å². The lowest BCUT2D eigenvalue weighted by molar-refractivity contribution is 0.0601. The maximum absolute atomic E-state index is 11.5. The van der Waals surface area contributed by atoms with Crippen LogP contribution in [0.25, 0.3) is 11.4 Å². The number of aromatic amines is 1. The van der Waals surface area contributed by atoms with E-state index in [4.69, 9.17) is 5.73 Å². The van der Waals surface area contributed by atoms with Crippen molar-refractivity contribution < 1.29 is 9.53 Å². The summed E-state index contributed by atoms with van der Waals surface area (Å²) in [6, 6.07) is 0. The van der Waals surface area contributed by atoms with Crippen LogP contribution in [-0.4, -0.2) is 32.8 Å². The van der Waals surface area contributed by atoms with Gasteiger partial charge >= 0.3 is 5.97 Å². The van der Waals surface area contributed by atoms with Crippen molar-refractivity contribution >= 4 is 11.9 Å². The normalized spacial score (nSPS) is 10.4. The standard InChI is InChI=1S/C9H11N5O2/c1-14-7(6-4-11-9(10)13-6)5(3-12-14)8(15)16-2/h3-4H,1-2H3,(H3,10,11,13). The van der Waals surface area contributed by atoms with E-state index >= 15 is 0 Å². The molecule has 84 valence electrons. The van der Waals surface area contributed by atoms with Gasteiger partial charge in [-0.25, -0.2) is 9.78 Å². The average Bonchev–Trinajstić information content (AvgIpc) is 2.83. The second-order valence-electron chi connectivity index (χ2n) is 3.20. The van der Waals surface area contributed by atoms with E-state index in [2.05, 4.69) is 19.8 Å². The summed E-state index contributed by atoms with van der Waals surface area (Å²) in [7, 11) is 3.04. The summed E-state index contributed by atoms with van der Waals surface area (Å²) < 4.78 is 6.22. The number of nitrogen functional groups attached to an aromatic ring is 1. The monoisotopic (exact) mass is 221 g/mol. The number of imidazole rings is 1. The predicted molar refractivity (Wildman–Crippen MR) is 56.5 cm³/mol. The molecule has 0 unspecified atom stereocenters. The lowest BCUT2D eigenvalue weighted by Crippen LogP contribution is -2.04. The first-order valence-electron chi connectivity index (χ1n) is 4.54. The van der Waals surface area contributed by atoms with Crippen molar-refractivity contribution in [1.82, 2.24) is 19.7 Å². The number of hydrogen-bond acceptors (Lipinski definition) is 5. The largest absolute Gasteiger partial charge is 0.465 e. The molecule has 7 heteroatoms. The van der Waals surface area contributed by atoms with Gasteiger partial charge in [-0.1, -0.05) is 0 Å². The highest BCUT2D eigenvalue weighted by Crippen LogP contribution is 2.22. The fraction of sp³-hybridized carbons (Fsp3) is 0.222. The highest BCUT2D eigenvalue weighted by atomic mass is 16.5. The molecule has 7 nitrogen and oxygen atoms in total. The van der Waals surface area contributed by atoms with Gasteiger partial charge in [0.25, 0.3) is 0 Å². The molecule has 0 spiro atoms. The van der Waals surface area contributed by atoms with Gasteiger partial charge in [-0.15, -0.1) is 0 Å². The number of rotatable bonds is 2. The first kappa shape index (κ1) is 10.2. The zero-order chi connectivity index (χ0) is 11.7. The Labute approximate surface area is 91.2 Å². The van der Waals surface area contributed by atoms with Crippen molar-refractivity contribution in [3.05, 3.63) is 18.0 Å². The topological polar surface area (TPSA) is 98.8 Å². The van der Waals surface area contributed by atoms with E-state index in [0.717, 1.165) is 0 Å². The van der Waals surface area contributed by atoms with Crippen LogP contribution in [0.4, 0.5) is 5.95 Å². The van der Waals surface area contributed by atoms with Crippen molar-refractivity contribution in [2.45, 2.75) is 0 Å². The summed E-state index contributed by atoms with van der Waals surface area (Å²) in [5.41, 5.74) is 7.07. The third-order valence-corrected chi connectivity index (χ3v) is 2.19. The molecule has 0 saturated heterocycles. The van der Waals surface area contributed by atoms with Crippen LogP contribution in [0.3, 0.4) is 0 Å². The summed E-state index contributed by atoms with van der Waals surface area (Å²) in [6.45, 7) is 0. The van der Waals surface area contributed by atoms with Crippen LogP contribution in [0.2, 0.25) is 0 Å². The SMILES string of the molecule is COC(=O)c1cnn(C)c1-c1cnc(N)[nH]1. The summed E-state index contributed by atoms with van der Waals surface area (Å²) >= 11 is 0. The summed E-state index contributed by atoms with van der Waals surface area (Å²) in [5, 5.41) is 4.00. The number of methoxy groups -OCH3 is 1. The van der Waals surface area contributed by atoms with Gasteiger partial charge in [0.1, 0.15) is 11.3 Å². The molecule has 0 saturated carbocycles. The van der Waals surface area contributed by atoms with Gasteiger partial charge in [-0.3, -0.25) is 4.68 Å². The average molecular weight is 221 g/mol. The van der Waals surface area contributed by atoms with Crippen LogP contribution in [0.1, 0.15) is 10.4 Å². The van der Waals surface area contributed by atoms with Crippen molar-refractivity contribution in [3.8, 4) is 11.4 Å². The minimum absolute atomic E-state index is 0.284. The Kier molecular flexibility index (Phi) is 2.35. The molecule has 0 aliphatic heterocycles.